The Bertz CT molecular complexity index is 733. The van der Waals surface area contributed by atoms with Gasteiger partial charge in [0.2, 0.25) is 0 Å². The van der Waals surface area contributed by atoms with Crippen molar-refractivity contribution in [3.8, 4) is 0 Å². The van der Waals surface area contributed by atoms with Crippen LogP contribution in [0.5, 0.6) is 0 Å². The maximum absolute atomic E-state index is 12.3. The molecule has 0 aromatic heterocycles. The summed E-state index contributed by atoms with van der Waals surface area (Å²) >= 11 is 0. The van der Waals surface area contributed by atoms with Crippen molar-refractivity contribution in [1.82, 2.24) is 0 Å². The molecular formula is C24H43NO6P+. The van der Waals surface area contributed by atoms with Crippen LogP contribution in [0.15, 0.2) is 24.3 Å². The highest BCUT2D eigenvalue weighted by Gasteiger charge is 2.31. The van der Waals surface area contributed by atoms with Gasteiger partial charge < -0.3 is 14.5 Å². The van der Waals surface area contributed by atoms with Crippen molar-refractivity contribution in [2.24, 2.45) is 0 Å². The average Bonchev–Trinajstić information content (AvgIpc) is 2.67. The summed E-state index contributed by atoms with van der Waals surface area (Å²) in [5.41, 5.74) is 2.84. The Morgan fingerprint density at radius 2 is 1.81 bits per heavy atom. The van der Waals surface area contributed by atoms with Gasteiger partial charge >= 0.3 is 13.8 Å². The molecule has 0 amide bonds. The van der Waals surface area contributed by atoms with E-state index in [0.717, 1.165) is 25.7 Å². The van der Waals surface area contributed by atoms with Gasteiger partial charge in [-0.1, -0.05) is 51.0 Å². The zero-order valence-electron chi connectivity index (χ0n) is 20.5. The van der Waals surface area contributed by atoms with E-state index in [9.17, 15) is 14.3 Å². The molecule has 2 unspecified atom stereocenters. The van der Waals surface area contributed by atoms with Crippen molar-refractivity contribution in [2.75, 3.05) is 34.3 Å². The fraction of sp³-hybridized carbons (Fsp3) is 0.708. The van der Waals surface area contributed by atoms with E-state index in [1.807, 2.05) is 21.1 Å². The molecule has 0 heterocycles. The van der Waals surface area contributed by atoms with Gasteiger partial charge in [-0.2, -0.15) is 0 Å². The number of aliphatic carboxylic acids is 1. The van der Waals surface area contributed by atoms with Gasteiger partial charge in [0.25, 0.3) is 0 Å². The lowest BCUT2D eigenvalue weighted by Crippen LogP contribution is -2.42. The minimum absolute atomic E-state index is 0.104. The van der Waals surface area contributed by atoms with E-state index in [1.54, 1.807) is 0 Å². The van der Waals surface area contributed by atoms with Crippen LogP contribution < -0.4 is 0 Å². The van der Waals surface area contributed by atoms with Crippen molar-refractivity contribution in [2.45, 2.75) is 77.2 Å². The zero-order chi connectivity index (χ0) is 24.2. The smallest absolute Gasteiger partial charge is 0.472 e. The van der Waals surface area contributed by atoms with Gasteiger partial charge in [-0.25, -0.2) is 4.57 Å². The van der Waals surface area contributed by atoms with Gasteiger partial charge in [-0.15, -0.1) is 0 Å². The number of hydrogen-bond donors (Lipinski definition) is 2. The highest BCUT2D eigenvalue weighted by atomic mass is 31.2. The van der Waals surface area contributed by atoms with Crippen molar-refractivity contribution >= 4 is 13.8 Å². The first-order chi connectivity index (χ1) is 15.0. The molecule has 1 rings (SSSR count). The second kappa shape index (κ2) is 14.1. The van der Waals surface area contributed by atoms with Gasteiger partial charge in [0.1, 0.15) is 12.6 Å². The Labute approximate surface area is 193 Å². The molecule has 0 aliphatic carbocycles. The molecule has 0 spiro atoms. The number of phosphoric acid groups is 1. The molecule has 1 aromatic carbocycles. The molecule has 0 saturated carbocycles. The number of carboxylic acids is 1. The average molecular weight is 473 g/mol. The van der Waals surface area contributed by atoms with Crippen molar-refractivity contribution in [3.63, 3.8) is 0 Å². The number of carboxylic acid groups (broad SMARTS) is 1. The van der Waals surface area contributed by atoms with Crippen molar-refractivity contribution in [3.05, 3.63) is 35.4 Å². The Hall–Kier alpha value is -1.24. The minimum atomic E-state index is -4.30. The summed E-state index contributed by atoms with van der Waals surface area (Å²) in [6, 6.07) is 8.64. The third-order valence-corrected chi connectivity index (χ3v) is 6.48. The van der Waals surface area contributed by atoms with Gasteiger partial charge in [0.05, 0.1) is 34.2 Å². The molecule has 0 aliphatic heterocycles. The fourth-order valence-electron chi connectivity index (χ4n) is 4.02. The quantitative estimate of drug-likeness (QED) is 0.180. The van der Waals surface area contributed by atoms with Crippen LogP contribution in [0.3, 0.4) is 0 Å². The van der Waals surface area contributed by atoms with Crippen LogP contribution in [-0.2, 0) is 24.8 Å². The van der Waals surface area contributed by atoms with E-state index in [2.05, 4.69) is 38.1 Å². The molecule has 0 aliphatic rings. The molecule has 184 valence electrons. The van der Waals surface area contributed by atoms with E-state index in [1.165, 1.54) is 24.0 Å². The topological polar surface area (TPSA) is 93.1 Å². The Kier molecular flexibility index (Phi) is 12.7. The highest BCUT2D eigenvalue weighted by molar-refractivity contribution is 7.47. The Morgan fingerprint density at radius 3 is 2.41 bits per heavy atom. The Morgan fingerprint density at radius 1 is 1.12 bits per heavy atom. The summed E-state index contributed by atoms with van der Waals surface area (Å²) in [5.74, 6) is -0.476. The predicted molar refractivity (Wildman–Crippen MR) is 128 cm³/mol. The normalized spacial score (nSPS) is 15.8. The second-order valence-electron chi connectivity index (χ2n) is 9.50. The third kappa shape index (κ3) is 12.1. The van der Waals surface area contributed by atoms with Gasteiger partial charge in [0.15, 0.2) is 0 Å². The number of phosphoric ester groups is 1. The standard InChI is InChI=1S/C24H42NO6P/c1-6-13-20(7-2)23-16-11-10-15-21(23)14-9-8-12-17-30-32(28,29)31-22(18-24(26)27)19-25(3,4)5/h10-11,15-16,20,22H,6-9,12-14,17-19H2,1-5H3,(H-,26,27,28,29)/p+1/t20?,22-/m1/s1. The first-order valence-electron chi connectivity index (χ1n) is 11.7. The van der Waals surface area contributed by atoms with E-state index in [0.29, 0.717) is 16.8 Å². The molecule has 0 bridgehead atoms. The molecule has 0 fully saturated rings. The summed E-state index contributed by atoms with van der Waals surface area (Å²) in [4.78, 5) is 21.1. The first-order valence-corrected chi connectivity index (χ1v) is 13.2. The molecular weight excluding hydrogens is 429 g/mol. The second-order valence-corrected chi connectivity index (χ2v) is 10.9. The number of likely N-dealkylation sites (N-methyl/N-ethyl adjacent to an activating group) is 1. The number of aryl methyl sites for hydroxylation is 1. The largest absolute Gasteiger partial charge is 0.481 e. The molecule has 1 aromatic rings. The summed E-state index contributed by atoms with van der Waals surface area (Å²) in [6.45, 7) is 4.86. The van der Waals surface area contributed by atoms with Crippen LogP contribution in [-0.4, -0.2) is 60.9 Å². The van der Waals surface area contributed by atoms with E-state index >= 15 is 0 Å². The predicted octanol–water partition coefficient (Wildman–Crippen LogP) is 5.38. The highest BCUT2D eigenvalue weighted by Crippen LogP contribution is 2.45. The monoisotopic (exact) mass is 472 g/mol. The lowest BCUT2D eigenvalue weighted by atomic mass is 9.87. The molecule has 2 N–H and O–H groups in total. The SMILES string of the molecule is CCCC(CC)c1ccccc1CCCCCOP(=O)(O)O[C@H](CC(=O)O)C[N+](C)(C)C. The van der Waals surface area contributed by atoms with E-state index < -0.39 is 19.9 Å². The lowest BCUT2D eigenvalue weighted by molar-refractivity contribution is -0.873. The molecule has 32 heavy (non-hydrogen) atoms. The number of benzene rings is 1. The number of quaternary nitrogens is 1. The maximum atomic E-state index is 12.3. The summed E-state index contributed by atoms with van der Waals surface area (Å²) in [6.07, 6.45) is 5.74. The van der Waals surface area contributed by atoms with Crippen molar-refractivity contribution < 1.29 is 32.9 Å². The summed E-state index contributed by atoms with van der Waals surface area (Å²) < 4.78 is 23.0. The third-order valence-electron chi connectivity index (χ3n) is 5.41. The number of hydrogen-bond acceptors (Lipinski definition) is 4. The summed E-state index contributed by atoms with van der Waals surface area (Å²) in [5, 5.41) is 9.04. The van der Waals surface area contributed by atoms with Gasteiger partial charge in [-0.05, 0) is 49.1 Å². The minimum Gasteiger partial charge on any atom is -0.481 e. The fourth-order valence-corrected chi connectivity index (χ4v) is 4.96. The van der Waals surface area contributed by atoms with Crippen LogP contribution in [0, 0.1) is 0 Å². The summed E-state index contributed by atoms with van der Waals surface area (Å²) in [7, 11) is 1.29. The lowest BCUT2D eigenvalue weighted by Gasteiger charge is -2.29. The van der Waals surface area contributed by atoms with Crippen LogP contribution >= 0.6 is 7.82 Å². The van der Waals surface area contributed by atoms with Crippen molar-refractivity contribution in [1.29, 1.82) is 0 Å². The first kappa shape index (κ1) is 28.8. The van der Waals surface area contributed by atoms with Gasteiger partial charge in [0, 0.05) is 0 Å². The number of nitrogens with zero attached hydrogens (tertiary/aromatic N) is 1. The van der Waals surface area contributed by atoms with Crippen LogP contribution in [0.1, 0.15) is 75.8 Å². The number of carbonyl (C=O) groups is 1. The molecule has 0 radical (unpaired) electrons. The zero-order valence-corrected chi connectivity index (χ0v) is 21.4. The molecule has 8 heteroatoms. The molecule has 7 nitrogen and oxygen atoms in total. The van der Waals surface area contributed by atoms with Crippen LogP contribution in [0.2, 0.25) is 0 Å². The van der Waals surface area contributed by atoms with Crippen LogP contribution in [0.4, 0.5) is 0 Å². The van der Waals surface area contributed by atoms with Crippen LogP contribution in [0.25, 0.3) is 0 Å². The molecule has 3 atom stereocenters. The maximum Gasteiger partial charge on any atom is 0.472 e. The van der Waals surface area contributed by atoms with E-state index in [4.69, 9.17) is 14.2 Å². The number of rotatable bonds is 17. The van der Waals surface area contributed by atoms with E-state index in [-0.39, 0.29) is 19.6 Å². The number of unbranched alkanes of at least 4 members (excludes halogenated alkanes) is 2. The van der Waals surface area contributed by atoms with Gasteiger partial charge in [-0.3, -0.25) is 13.8 Å². The Balaban J connectivity index is 2.47. The molecule has 0 saturated heterocycles.